The first kappa shape index (κ1) is 18.1. The van der Waals surface area contributed by atoms with Crippen LogP contribution in [0.15, 0.2) is 78.9 Å². The van der Waals surface area contributed by atoms with Crippen molar-refractivity contribution >= 4 is 16.7 Å². The van der Waals surface area contributed by atoms with E-state index in [1.54, 1.807) is 0 Å². The number of nitrogens with zero attached hydrogens (tertiary/aromatic N) is 1. The summed E-state index contributed by atoms with van der Waals surface area (Å²) in [6.45, 7) is 2.82. The number of aryl methyl sites for hydroxylation is 1. The van der Waals surface area contributed by atoms with Gasteiger partial charge in [0.1, 0.15) is 0 Å². The zero-order valence-corrected chi connectivity index (χ0v) is 16.1. The van der Waals surface area contributed by atoms with E-state index in [0.29, 0.717) is 5.56 Å². The highest BCUT2D eigenvalue weighted by Gasteiger charge is 2.16. The maximum atomic E-state index is 11.9. The van der Waals surface area contributed by atoms with Crippen LogP contribution in [0, 0.1) is 6.92 Å². The smallest absolute Gasteiger partial charge is 0.250 e. The summed E-state index contributed by atoms with van der Waals surface area (Å²) in [5.74, 6) is -0.374. The van der Waals surface area contributed by atoms with Crippen molar-refractivity contribution < 1.29 is 4.79 Å². The van der Waals surface area contributed by atoms with Crippen molar-refractivity contribution in [3.63, 3.8) is 0 Å². The number of rotatable bonds is 6. The highest BCUT2D eigenvalue weighted by Crippen LogP contribution is 2.29. The van der Waals surface area contributed by atoms with Gasteiger partial charge in [-0.3, -0.25) is 4.79 Å². The number of carbonyl (C=O) groups is 1. The highest BCUT2D eigenvalue weighted by atomic mass is 16.1. The molecule has 0 saturated carbocycles. The van der Waals surface area contributed by atoms with Crippen LogP contribution in [-0.2, 0) is 13.0 Å². The molecule has 0 unspecified atom stereocenters. The minimum atomic E-state index is -0.374. The van der Waals surface area contributed by atoms with Crippen molar-refractivity contribution in [3.05, 3.63) is 95.7 Å². The van der Waals surface area contributed by atoms with E-state index in [1.165, 1.54) is 16.3 Å². The second-order valence-corrected chi connectivity index (χ2v) is 7.20. The minimum absolute atomic E-state index is 0.374. The minimum Gasteiger partial charge on any atom is -0.366 e. The molecule has 0 fully saturated rings. The van der Waals surface area contributed by atoms with Gasteiger partial charge in [-0.15, -0.1) is 0 Å². The average Bonchev–Trinajstić information content (AvgIpc) is 3.05. The van der Waals surface area contributed by atoms with Crippen LogP contribution < -0.4 is 5.73 Å². The fourth-order valence-electron chi connectivity index (χ4n) is 3.86. The predicted octanol–water partition coefficient (Wildman–Crippen LogP) is 5.35. The number of fused-ring (bicyclic) bond motifs is 1. The van der Waals surface area contributed by atoms with Crippen LogP contribution in [0.4, 0.5) is 0 Å². The second kappa shape index (κ2) is 7.73. The molecule has 2 N–H and O–H groups in total. The zero-order chi connectivity index (χ0) is 19.5. The van der Waals surface area contributed by atoms with Gasteiger partial charge in [0.2, 0.25) is 0 Å². The topological polar surface area (TPSA) is 48.0 Å². The Balaban J connectivity index is 1.68. The van der Waals surface area contributed by atoms with Crippen molar-refractivity contribution in [2.45, 2.75) is 26.3 Å². The molecular weight excluding hydrogens is 344 g/mol. The van der Waals surface area contributed by atoms with Crippen LogP contribution in [-0.4, -0.2) is 10.5 Å². The maximum Gasteiger partial charge on any atom is 0.250 e. The van der Waals surface area contributed by atoms with Crippen LogP contribution in [0.25, 0.3) is 22.0 Å². The van der Waals surface area contributed by atoms with Crippen LogP contribution in [0.5, 0.6) is 0 Å². The molecule has 140 valence electrons. The molecule has 28 heavy (non-hydrogen) atoms. The summed E-state index contributed by atoms with van der Waals surface area (Å²) < 4.78 is 2.23. The van der Waals surface area contributed by atoms with E-state index in [0.717, 1.165) is 36.3 Å². The molecule has 3 aromatic carbocycles. The van der Waals surface area contributed by atoms with E-state index in [9.17, 15) is 4.79 Å². The van der Waals surface area contributed by atoms with Gasteiger partial charge < -0.3 is 10.3 Å². The lowest BCUT2D eigenvalue weighted by atomic mass is 10.0. The Labute approximate surface area is 165 Å². The third-order valence-corrected chi connectivity index (χ3v) is 5.37. The largest absolute Gasteiger partial charge is 0.366 e. The number of primary amides is 1. The Bertz CT molecular complexity index is 1130. The maximum absolute atomic E-state index is 11.9. The number of hydrogen-bond donors (Lipinski definition) is 1. The fraction of sp³-hybridized carbons (Fsp3) is 0.160. The molecule has 3 heteroatoms. The van der Waals surface area contributed by atoms with Gasteiger partial charge in [-0.05, 0) is 53.8 Å². The Hall–Kier alpha value is -3.33. The molecule has 3 nitrogen and oxygen atoms in total. The van der Waals surface area contributed by atoms with Crippen molar-refractivity contribution in [1.29, 1.82) is 0 Å². The molecule has 0 radical (unpaired) electrons. The molecule has 1 amide bonds. The van der Waals surface area contributed by atoms with E-state index in [-0.39, 0.29) is 5.91 Å². The third-order valence-electron chi connectivity index (χ3n) is 5.37. The number of benzene rings is 3. The van der Waals surface area contributed by atoms with Gasteiger partial charge in [0.05, 0.1) is 5.56 Å². The number of hydrogen-bond acceptors (Lipinski definition) is 1. The summed E-state index contributed by atoms with van der Waals surface area (Å²) in [6.07, 6.45) is 2.00. The summed E-state index contributed by atoms with van der Waals surface area (Å²) in [5, 5.41) is 2.40. The Morgan fingerprint density at radius 2 is 1.61 bits per heavy atom. The van der Waals surface area contributed by atoms with Crippen LogP contribution in [0.3, 0.4) is 0 Å². The fourth-order valence-corrected chi connectivity index (χ4v) is 3.86. The first-order chi connectivity index (χ1) is 13.6. The Morgan fingerprint density at radius 1 is 0.893 bits per heavy atom. The summed E-state index contributed by atoms with van der Waals surface area (Å²) in [6, 6.07) is 27.2. The monoisotopic (exact) mass is 368 g/mol. The molecular formula is C25H24N2O. The predicted molar refractivity (Wildman–Crippen MR) is 115 cm³/mol. The molecule has 0 aliphatic rings. The molecule has 1 aromatic heterocycles. The first-order valence-electron chi connectivity index (χ1n) is 9.66. The molecule has 4 rings (SSSR count). The second-order valence-electron chi connectivity index (χ2n) is 7.20. The lowest BCUT2D eigenvalue weighted by Gasteiger charge is -2.13. The number of carbonyl (C=O) groups excluding carboxylic acids is 1. The molecule has 0 bridgehead atoms. The molecule has 0 aliphatic heterocycles. The van der Waals surface area contributed by atoms with Crippen molar-refractivity contribution in [2.75, 3.05) is 0 Å². The number of amides is 1. The lowest BCUT2D eigenvalue weighted by molar-refractivity contribution is 0.0999. The van der Waals surface area contributed by atoms with Gasteiger partial charge in [-0.25, -0.2) is 0 Å². The van der Waals surface area contributed by atoms with Gasteiger partial charge >= 0.3 is 0 Å². The third kappa shape index (κ3) is 3.56. The van der Waals surface area contributed by atoms with E-state index in [2.05, 4.69) is 59.2 Å². The van der Waals surface area contributed by atoms with Gasteiger partial charge in [0, 0.05) is 17.9 Å². The molecule has 0 aliphatic carbocycles. The van der Waals surface area contributed by atoms with Crippen LogP contribution in [0.2, 0.25) is 0 Å². The first-order valence-corrected chi connectivity index (χ1v) is 9.66. The van der Waals surface area contributed by atoms with Gasteiger partial charge in [0.15, 0.2) is 0 Å². The van der Waals surface area contributed by atoms with Gasteiger partial charge in [0.25, 0.3) is 5.91 Å². The highest BCUT2D eigenvalue weighted by molar-refractivity contribution is 5.96. The lowest BCUT2D eigenvalue weighted by Crippen LogP contribution is -2.12. The van der Waals surface area contributed by atoms with Crippen molar-refractivity contribution in [2.24, 2.45) is 5.73 Å². The van der Waals surface area contributed by atoms with E-state index in [4.69, 9.17) is 5.73 Å². The molecule has 0 atom stereocenters. The van der Waals surface area contributed by atoms with E-state index < -0.39 is 0 Å². The van der Waals surface area contributed by atoms with Gasteiger partial charge in [-0.1, -0.05) is 66.7 Å². The van der Waals surface area contributed by atoms with Gasteiger partial charge in [-0.2, -0.15) is 0 Å². The summed E-state index contributed by atoms with van der Waals surface area (Å²) in [5.41, 5.74) is 10.6. The van der Waals surface area contributed by atoms with Crippen molar-refractivity contribution in [1.82, 2.24) is 4.57 Å². The van der Waals surface area contributed by atoms with E-state index in [1.807, 2.05) is 31.2 Å². The quantitative estimate of drug-likeness (QED) is 0.490. The Morgan fingerprint density at radius 3 is 2.36 bits per heavy atom. The van der Waals surface area contributed by atoms with Crippen molar-refractivity contribution in [3.8, 4) is 11.3 Å². The summed E-state index contributed by atoms with van der Waals surface area (Å²) >= 11 is 0. The molecule has 1 heterocycles. The number of aromatic nitrogens is 1. The van der Waals surface area contributed by atoms with Crippen LogP contribution in [0.1, 0.15) is 28.0 Å². The summed E-state index contributed by atoms with van der Waals surface area (Å²) in [4.78, 5) is 11.9. The molecule has 4 aromatic rings. The Kier molecular flexibility index (Phi) is 4.98. The van der Waals surface area contributed by atoms with Crippen LogP contribution >= 0.6 is 0 Å². The van der Waals surface area contributed by atoms with E-state index >= 15 is 0 Å². The average molecular weight is 368 g/mol. The SMILES string of the molecule is Cc1c(C(N)=O)cc(-c2ccc3ccccc3c2)n1CCCc1ccccc1. The number of nitrogens with two attached hydrogens (primary N) is 1. The standard InChI is InChI=1S/C25H24N2O/c1-18-23(25(26)28)17-24(22-14-13-20-11-5-6-12-21(20)16-22)27(18)15-7-10-19-8-3-2-4-9-19/h2-6,8-9,11-14,16-17H,7,10,15H2,1H3,(H2,26,28). The zero-order valence-electron chi connectivity index (χ0n) is 16.1. The molecule has 0 saturated heterocycles. The summed E-state index contributed by atoms with van der Waals surface area (Å²) in [7, 11) is 0. The molecule has 0 spiro atoms. The normalized spacial score (nSPS) is 11.0.